The van der Waals surface area contributed by atoms with Crippen molar-refractivity contribution in [2.75, 3.05) is 26.7 Å². The van der Waals surface area contributed by atoms with Gasteiger partial charge in [-0.1, -0.05) is 84.4 Å². The van der Waals surface area contributed by atoms with E-state index in [0.717, 1.165) is 16.2 Å². The number of fused-ring (bicyclic) bond motifs is 1. The lowest BCUT2D eigenvalue weighted by atomic mass is 9.86. The molecule has 13 heteroatoms. The first-order valence-electron chi connectivity index (χ1n) is 19.6. The van der Waals surface area contributed by atoms with E-state index >= 15 is 0 Å². The van der Waals surface area contributed by atoms with Crippen LogP contribution < -0.4 is 21.3 Å². The molecule has 1 aromatic carbocycles. The molecule has 12 nitrogen and oxygen atoms in total. The summed E-state index contributed by atoms with van der Waals surface area (Å²) in [7, 11) is 1.94. The van der Waals surface area contributed by atoms with Crippen molar-refractivity contribution in [1.82, 2.24) is 35.5 Å². The number of hydrogen-bond donors (Lipinski definition) is 4. The third-order valence-corrected chi connectivity index (χ3v) is 10.8. The van der Waals surface area contributed by atoms with Gasteiger partial charge in [0.05, 0.1) is 6.04 Å². The standard InChI is InChI=1S/C40H53N7O5S.C3H8/c1-8-10-17-30(35(48)37(50)42-20-9-2)43-36(49)34-26(3)19-22-47(34)38(51)33(29-23-27-15-11-12-16-28(27)24-29)45-39(52)44-31(40(4,5)6)25-46(7)53-32-18-13-14-21-41-32;1-3-2/h1,9,11-16,18,21,26,29-31,33-34H,2,10,17,19-20,22-25H2,3-7H3,(H,42,50)(H,43,49)(H2,44,45,52);3H2,1-2H3. The fourth-order valence-electron chi connectivity index (χ4n) is 6.88. The second-order valence-electron chi connectivity index (χ2n) is 15.6. The van der Waals surface area contributed by atoms with E-state index in [0.29, 0.717) is 32.4 Å². The number of pyridine rings is 1. The summed E-state index contributed by atoms with van der Waals surface area (Å²) in [4.78, 5) is 74.1. The molecule has 4 N–H and O–H groups in total. The van der Waals surface area contributed by atoms with Crippen molar-refractivity contribution in [2.24, 2.45) is 17.3 Å². The summed E-state index contributed by atoms with van der Waals surface area (Å²) >= 11 is 1.48. The molecular formula is C43H61N7O5S. The molecule has 5 amide bonds. The number of carbonyl (C=O) groups excluding carboxylic acids is 5. The van der Waals surface area contributed by atoms with Gasteiger partial charge in [0.15, 0.2) is 0 Å². The number of aromatic nitrogens is 1. The van der Waals surface area contributed by atoms with Crippen molar-refractivity contribution in [3.05, 3.63) is 72.4 Å². The Morgan fingerprint density at radius 2 is 1.70 bits per heavy atom. The molecule has 2 heterocycles. The molecule has 1 aromatic heterocycles. The Hall–Kier alpha value is -4.67. The van der Waals surface area contributed by atoms with Crippen molar-refractivity contribution in [2.45, 2.75) is 109 Å². The number of urea groups is 1. The van der Waals surface area contributed by atoms with Gasteiger partial charge in [0.2, 0.25) is 17.6 Å². The molecule has 304 valence electrons. The minimum Gasteiger partial charge on any atom is -0.346 e. The fourth-order valence-corrected chi connectivity index (χ4v) is 7.67. The summed E-state index contributed by atoms with van der Waals surface area (Å²) in [5, 5.41) is 12.2. The summed E-state index contributed by atoms with van der Waals surface area (Å²) in [6, 6.07) is 9.90. The molecule has 56 heavy (non-hydrogen) atoms. The van der Waals surface area contributed by atoms with Crippen LogP contribution in [-0.2, 0) is 32.0 Å². The highest BCUT2D eigenvalue weighted by molar-refractivity contribution is 7.96. The van der Waals surface area contributed by atoms with Crippen LogP contribution in [0.1, 0.15) is 78.4 Å². The zero-order chi connectivity index (χ0) is 41.4. The molecular weight excluding hydrogens is 727 g/mol. The number of likely N-dealkylation sites (tertiary alicyclic amines) is 1. The van der Waals surface area contributed by atoms with E-state index in [2.05, 4.69) is 52.6 Å². The number of Topliss-reactive ketones (excluding diaryl/α,β-unsaturated/α-hetero) is 1. The van der Waals surface area contributed by atoms with E-state index < -0.39 is 41.8 Å². The third kappa shape index (κ3) is 13.2. The number of hydrogen-bond acceptors (Lipinski definition) is 8. The number of ketones is 1. The maximum absolute atomic E-state index is 14.7. The molecule has 4 rings (SSSR count). The molecule has 5 atom stereocenters. The summed E-state index contributed by atoms with van der Waals surface area (Å²) in [6.45, 7) is 16.7. The molecule has 0 bridgehead atoms. The molecule has 0 saturated carbocycles. The summed E-state index contributed by atoms with van der Waals surface area (Å²) in [5.74, 6) is -0.629. The van der Waals surface area contributed by atoms with E-state index in [1.807, 2.05) is 81.5 Å². The van der Waals surface area contributed by atoms with Crippen LogP contribution in [0.2, 0.25) is 0 Å². The molecule has 1 aliphatic carbocycles. The lowest BCUT2D eigenvalue weighted by molar-refractivity contribution is -0.143. The Kier molecular flexibility index (Phi) is 18.1. The van der Waals surface area contributed by atoms with Crippen LogP contribution in [0.3, 0.4) is 0 Å². The lowest BCUT2D eigenvalue weighted by Crippen LogP contribution is -2.61. The predicted molar refractivity (Wildman–Crippen MR) is 222 cm³/mol. The number of likely N-dealkylation sites (N-methyl/N-ethyl adjacent to an activating group) is 1. The lowest BCUT2D eigenvalue weighted by Gasteiger charge is -2.36. The summed E-state index contributed by atoms with van der Waals surface area (Å²) < 4.78 is 2.02. The normalized spacial score (nSPS) is 17.9. The van der Waals surface area contributed by atoms with Crippen molar-refractivity contribution in [1.29, 1.82) is 0 Å². The first-order chi connectivity index (χ1) is 26.6. The minimum atomic E-state index is -1.17. The van der Waals surface area contributed by atoms with Gasteiger partial charge in [0.1, 0.15) is 17.1 Å². The van der Waals surface area contributed by atoms with Gasteiger partial charge in [-0.15, -0.1) is 18.9 Å². The van der Waals surface area contributed by atoms with E-state index in [1.165, 1.54) is 29.3 Å². The van der Waals surface area contributed by atoms with Gasteiger partial charge in [-0.05, 0) is 85.2 Å². The van der Waals surface area contributed by atoms with Crippen LogP contribution in [0.25, 0.3) is 0 Å². The predicted octanol–water partition coefficient (Wildman–Crippen LogP) is 4.94. The smallest absolute Gasteiger partial charge is 0.315 e. The molecule has 1 aliphatic heterocycles. The highest BCUT2D eigenvalue weighted by Crippen LogP contribution is 2.32. The molecule has 1 saturated heterocycles. The number of benzene rings is 1. The van der Waals surface area contributed by atoms with E-state index in [-0.39, 0.29) is 48.6 Å². The number of nitrogens with one attached hydrogen (secondary N) is 4. The Balaban J connectivity index is 0.00000271. The van der Waals surface area contributed by atoms with E-state index in [9.17, 15) is 24.0 Å². The Morgan fingerprint density at radius 1 is 1.05 bits per heavy atom. The second-order valence-corrected chi connectivity index (χ2v) is 16.9. The van der Waals surface area contributed by atoms with Crippen molar-refractivity contribution in [3.8, 4) is 12.3 Å². The van der Waals surface area contributed by atoms with Gasteiger partial charge < -0.3 is 26.2 Å². The molecule has 2 aromatic rings. The first kappa shape index (κ1) is 45.7. The van der Waals surface area contributed by atoms with Crippen molar-refractivity contribution in [3.63, 3.8) is 0 Å². The SMILES string of the molecule is C#CCCC(NC(=O)C1C(C)CCN1C(=O)C(NC(=O)NC(CN(C)Sc1ccccn1)C(C)(C)C)C1Cc2ccccc2C1)C(=O)C(=O)NCC=C.CCC. The Labute approximate surface area is 337 Å². The zero-order valence-electron chi connectivity index (χ0n) is 34.1. The van der Waals surface area contributed by atoms with E-state index in [1.54, 1.807) is 6.20 Å². The molecule has 5 unspecified atom stereocenters. The van der Waals surface area contributed by atoms with Gasteiger partial charge in [0, 0.05) is 38.3 Å². The maximum Gasteiger partial charge on any atom is 0.315 e. The van der Waals surface area contributed by atoms with Gasteiger partial charge in [0.25, 0.3) is 5.91 Å². The topological polar surface area (TPSA) is 153 Å². The van der Waals surface area contributed by atoms with Crippen LogP contribution in [0.15, 0.2) is 66.3 Å². The molecule has 0 radical (unpaired) electrons. The third-order valence-electron chi connectivity index (χ3n) is 9.88. The number of carbonyl (C=O) groups is 5. The summed E-state index contributed by atoms with van der Waals surface area (Å²) in [6.07, 6.45) is 11.8. The molecule has 1 fully saturated rings. The van der Waals surface area contributed by atoms with Crippen molar-refractivity contribution >= 4 is 41.5 Å². The average Bonchev–Trinajstić information content (AvgIpc) is 3.77. The van der Waals surface area contributed by atoms with Crippen LogP contribution in [0.4, 0.5) is 4.79 Å². The van der Waals surface area contributed by atoms with Gasteiger partial charge in [-0.2, -0.15) is 0 Å². The summed E-state index contributed by atoms with van der Waals surface area (Å²) in [5.41, 5.74) is 1.90. The van der Waals surface area contributed by atoms with Crippen LogP contribution >= 0.6 is 11.9 Å². The number of rotatable bonds is 16. The Morgan fingerprint density at radius 3 is 2.27 bits per heavy atom. The number of nitrogens with zero attached hydrogens (tertiary/aromatic N) is 3. The zero-order valence-corrected chi connectivity index (χ0v) is 34.9. The largest absolute Gasteiger partial charge is 0.346 e. The molecule has 2 aliphatic rings. The minimum absolute atomic E-state index is 0.0623. The highest BCUT2D eigenvalue weighted by atomic mass is 32.2. The fraction of sp³-hybridized carbons (Fsp3) is 0.535. The van der Waals surface area contributed by atoms with E-state index in [4.69, 9.17) is 6.42 Å². The highest BCUT2D eigenvalue weighted by Gasteiger charge is 2.46. The van der Waals surface area contributed by atoms with Crippen LogP contribution in [0.5, 0.6) is 0 Å². The number of terminal acetylenes is 1. The monoisotopic (exact) mass is 787 g/mol. The van der Waals surface area contributed by atoms with Gasteiger partial charge in [-0.3, -0.25) is 19.2 Å². The Bertz CT molecular complexity index is 1670. The maximum atomic E-state index is 14.7. The second kappa shape index (κ2) is 22.2. The van der Waals surface area contributed by atoms with Crippen LogP contribution in [-0.4, -0.2) is 94.6 Å². The van der Waals surface area contributed by atoms with Gasteiger partial charge >= 0.3 is 6.03 Å². The molecule has 0 spiro atoms. The van der Waals surface area contributed by atoms with Gasteiger partial charge in [-0.25, -0.2) is 14.1 Å². The average molecular weight is 788 g/mol. The quantitative estimate of drug-likeness (QED) is 0.0809. The van der Waals surface area contributed by atoms with Crippen LogP contribution in [0, 0.1) is 29.6 Å². The van der Waals surface area contributed by atoms with Crippen molar-refractivity contribution < 1.29 is 24.0 Å². The number of amides is 5. The first-order valence-corrected chi connectivity index (χ1v) is 20.3.